The highest BCUT2D eigenvalue weighted by Crippen LogP contribution is 2.23. The number of hydrogen-bond acceptors (Lipinski definition) is 5. The Morgan fingerprint density at radius 2 is 2.00 bits per heavy atom. The summed E-state index contributed by atoms with van der Waals surface area (Å²) in [7, 11) is 0. The maximum absolute atomic E-state index is 12.6. The van der Waals surface area contributed by atoms with Crippen LogP contribution >= 0.6 is 0 Å². The number of amides is 2. The van der Waals surface area contributed by atoms with Crippen LogP contribution in [-0.4, -0.2) is 43.0 Å². The molecule has 27 heavy (non-hydrogen) atoms. The molecule has 3 rings (SSSR count). The van der Waals surface area contributed by atoms with E-state index in [0.717, 1.165) is 10.9 Å². The average Bonchev–Trinajstić information content (AvgIpc) is 2.65. The van der Waals surface area contributed by atoms with Crippen molar-refractivity contribution in [3.8, 4) is 0 Å². The second-order valence-corrected chi connectivity index (χ2v) is 6.74. The lowest BCUT2D eigenvalue weighted by atomic mass is 9.95. The molecule has 1 fully saturated rings. The lowest BCUT2D eigenvalue weighted by Gasteiger charge is -2.31. The van der Waals surface area contributed by atoms with E-state index in [2.05, 4.69) is 5.32 Å². The zero-order chi connectivity index (χ0) is 19.4. The molecule has 2 aromatic rings. The van der Waals surface area contributed by atoms with Crippen molar-refractivity contribution in [2.45, 2.75) is 26.7 Å². The van der Waals surface area contributed by atoms with Gasteiger partial charge in [0, 0.05) is 48.8 Å². The third kappa shape index (κ3) is 4.54. The Balaban J connectivity index is 1.60. The summed E-state index contributed by atoms with van der Waals surface area (Å²) in [5.74, 6) is -0.266. The normalized spacial score (nSPS) is 15.1. The molecular weight excluding hydrogens is 348 g/mol. The zero-order valence-electron chi connectivity index (χ0n) is 15.6. The van der Waals surface area contributed by atoms with Crippen LogP contribution in [0.3, 0.4) is 0 Å². The number of rotatable bonds is 5. The van der Waals surface area contributed by atoms with Gasteiger partial charge >= 0.3 is 5.63 Å². The number of aryl methyl sites for hydroxylation is 1. The molecule has 1 N–H and O–H groups in total. The lowest BCUT2D eigenvalue weighted by molar-refractivity contribution is -0.138. The maximum atomic E-state index is 12.6. The quantitative estimate of drug-likeness (QED) is 0.814. The molecule has 144 valence electrons. The van der Waals surface area contributed by atoms with E-state index < -0.39 is 5.63 Å². The highest BCUT2D eigenvalue weighted by molar-refractivity contribution is 5.95. The first-order valence-corrected chi connectivity index (χ1v) is 9.19. The minimum Gasteiger partial charge on any atom is -0.423 e. The SMILES string of the molecule is CCOCC(=O)N1CCC(C(=O)Nc2ccc3c(C)cc(=O)oc3c2)CC1. The highest BCUT2D eigenvalue weighted by atomic mass is 16.5. The van der Waals surface area contributed by atoms with Gasteiger partial charge in [0.25, 0.3) is 0 Å². The number of fused-ring (bicyclic) bond motifs is 1. The summed E-state index contributed by atoms with van der Waals surface area (Å²) < 4.78 is 10.4. The van der Waals surface area contributed by atoms with Crippen LogP contribution in [0.4, 0.5) is 5.69 Å². The standard InChI is InChI=1S/C20H24N2O5/c1-3-26-12-18(23)22-8-6-14(7-9-22)20(25)21-15-4-5-16-13(2)10-19(24)27-17(16)11-15/h4-5,10-11,14H,3,6-9,12H2,1-2H3,(H,21,25). The molecule has 0 aliphatic carbocycles. The predicted molar refractivity (Wildman–Crippen MR) is 102 cm³/mol. The van der Waals surface area contributed by atoms with Gasteiger partial charge in [0.1, 0.15) is 12.2 Å². The van der Waals surface area contributed by atoms with Crippen molar-refractivity contribution in [1.29, 1.82) is 0 Å². The van der Waals surface area contributed by atoms with Crippen LogP contribution in [0.15, 0.2) is 33.5 Å². The fraction of sp³-hybridized carbons (Fsp3) is 0.450. The minimum atomic E-state index is -0.410. The number of nitrogens with one attached hydrogen (secondary N) is 1. The van der Waals surface area contributed by atoms with Gasteiger partial charge in [-0.3, -0.25) is 9.59 Å². The number of piperidine rings is 1. The van der Waals surface area contributed by atoms with Crippen LogP contribution in [-0.2, 0) is 14.3 Å². The van der Waals surface area contributed by atoms with Crippen molar-refractivity contribution in [2.75, 3.05) is 31.6 Å². The van der Waals surface area contributed by atoms with Crippen molar-refractivity contribution in [2.24, 2.45) is 5.92 Å². The number of carbonyl (C=O) groups excluding carboxylic acids is 2. The van der Waals surface area contributed by atoms with Crippen LogP contribution in [0.25, 0.3) is 11.0 Å². The highest BCUT2D eigenvalue weighted by Gasteiger charge is 2.27. The van der Waals surface area contributed by atoms with E-state index >= 15 is 0 Å². The third-order valence-electron chi connectivity index (χ3n) is 4.87. The zero-order valence-corrected chi connectivity index (χ0v) is 15.6. The van der Waals surface area contributed by atoms with Gasteiger partial charge in [0.15, 0.2) is 0 Å². The van der Waals surface area contributed by atoms with Gasteiger partial charge in [0.2, 0.25) is 11.8 Å². The third-order valence-corrected chi connectivity index (χ3v) is 4.87. The van der Waals surface area contributed by atoms with E-state index in [0.29, 0.717) is 43.8 Å². The molecular formula is C20H24N2O5. The van der Waals surface area contributed by atoms with E-state index in [9.17, 15) is 14.4 Å². The summed E-state index contributed by atoms with van der Waals surface area (Å²) in [4.78, 5) is 37.8. The Labute approximate surface area is 157 Å². The van der Waals surface area contributed by atoms with Crippen LogP contribution < -0.4 is 10.9 Å². The number of ether oxygens (including phenoxy) is 1. The fourth-order valence-corrected chi connectivity index (χ4v) is 3.32. The van der Waals surface area contributed by atoms with Gasteiger partial charge < -0.3 is 19.4 Å². The number of likely N-dealkylation sites (tertiary alicyclic amines) is 1. The topological polar surface area (TPSA) is 88.9 Å². The molecule has 0 saturated carbocycles. The summed E-state index contributed by atoms with van der Waals surface area (Å²) in [6, 6.07) is 6.75. The average molecular weight is 372 g/mol. The van der Waals surface area contributed by atoms with E-state index in [1.54, 1.807) is 17.0 Å². The van der Waals surface area contributed by atoms with Crippen molar-refractivity contribution in [1.82, 2.24) is 4.90 Å². The molecule has 7 heteroatoms. The second-order valence-electron chi connectivity index (χ2n) is 6.74. The van der Waals surface area contributed by atoms with Gasteiger partial charge in [-0.05, 0) is 44.4 Å². The smallest absolute Gasteiger partial charge is 0.336 e. The van der Waals surface area contributed by atoms with Gasteiger partial charge in [0.05, 0.1) is 0 Å². The Morgan fingerprint density at radius 1 is 1.26 bits per heavy atom. The fourth-order valence-electron chi connectivity index (χ4n) is 3.32. The number of anilines is 1. The first-order valence-electron chi connectivity index (χ1n) is 9.19. The maximum Gasteiger partial charge on any atom is 0.336 e. The van der Waals surface area contributed by atoms with Gasteiger partial charge in [-0.25, -0.2) is 4.79 Å². The Kier molecular flexibility index (Phi) is 5.91. The molecule has 1 aliphatic heterocycles. The van der Waals surface area contributed by atoms with Gasteiger partial charge in [-0.15, -0.1) is 0 Å². The van der Waals surface area contributed by atoms with Gasteiger partial charge in [-0.2, -0.15) is 0 Å². The summed E-state index contributed by atoms with van der Waals surface area (Å²) in [6.07, 6.45) is 1.23. The second kappa shape index (κ2) is 8.35. The Hall–Kier alpha value is -2.67. The van der Waals surface area contributed by atoms with Crippen LogP contribution in [0.2, 0.25) is 0 Å². The molecule has 0 radical (unpaired) electrons. The largest absolute Gasteiger partial charge is 0.423 e. The summed E-state index contributed by atoms with van der Waals surface area (Å²) in [6.45, 7) is 5.40. The van der Waals surface area contributed by atoms with Crippen molar-refractivity contribution < 1.29 is 18.7 Å². The molecule has 2 heterocycles. The van der Waals surface area contributed by atoms with Crippen LogP contribution in [0.5, 0.6) is 0 Å². The number of carbonyl (C=O) groups is 2. The number of nitrogens with zero attached hydrogens (tertiary/aromatic N) is 1. The van der Waals surface area contributed by atoms with Gasteiger partial charge in [-0.1, -0.05) is 0 Å². The summed E-state index contributed by atoms with van der Waals surface area (Å²) in [5.41, 5.74) is 1.47. The molecule has 1 aliphatic rings. The molecule has 1 aromatic heterocycles. The van der Waals surface area contributed by atoms with E-state index in [4.69, 9.17) is 9.15 Å². The molecule has 0 spiro atoms. The summed E-state index contributed by atoms with van der Waals surface area (Å²) >= 11 is 0. The monoisotopic (exact) mass is 372 g/mol. The molecule has 2 amide bonds. The van der Waals surface area contributed by atoms with Crippen molar-refractivity contribution in [3.05, 3.63) is 40.2 Å². The van der Waals surface area contributed by atoms with E-state index in [1.807, 2.05) is 19.9 Å². The molecule has 7 nitrogen and oxygen atoms in total. The first kappa shape index (κ1) is 19.1. The van der Waals surface area contributed by atoms with Crippen molar-refractivity contribution in [3.63, 3.8) is 0 Å². The first-order chi connectivity index (χ1) is 13.0. The number of benzene rings is 1. The lowest BCUT2D eigenvalue weighted by Crippen LogP contribution is -2.42. The van der Waals surface area contributed by atoms with Crippen LogP contribution in [0.1, 0.15) is 25.3 Å². The Bertz CT molecular complexity index is 897. The van der Waals surface area contributed by atoms with E-state index in [1.165, 1.54) is 6.07 Å². The molecule has 1 saturated heterocycles. The molecule has 0 unspecified atom stereocenters. The van der Waals surface area contributed by atoms with Crippen LogP contribution in [0, 0.1) is 12.8 Å². The molecule has 0 atom stereocenters. The van der Waals surface area contributed by atoms with Crippen molar-refractivity contribution >= 4 is 28.5 Å². The number of hydrogen-bond donors (Lipinski definition) is 1. The summed E-state index contributed by atoms with van der Waals surface area (Å²) in [5, 5.41) is 3.73. The van der Waals surface area contributed by atoms with E-state index in [-0.39, 0.29) is 24.3 Å². The molecule has 1 aromatic carbocycles. The minimum absolute atomic E-state index is 0.0318. The molecule has 0 bridgehead atoms. The Morgan fingerprint density at radius 3 is 2.70 bits per heavy atom. The predicted octanol–water partition coefficient (Wildman–Crippen LogP) is 2.32.